The van der Waals surface area contributed by atoms with Crippen LogP contribution in [0.5, 0.6) is 0 Å². The zero-order chi connectivity index (χ0) is 19.9. The van der Waals surface area contributed by atoms with E-state index in [1.807, 2.05) is 0 Å². The van der Waals surface area contributed by atoms with Gasteiger partial charge in [-0.2, -0.15) is 13.2 Å². The number of nitrogens with one attached hydrogen (secondary N) is 1. The van der Waals surface area contributed by atoms with Crippen LogP contribution in [0.4, 0.5) is 13.2 Å². The first-order chi connectivity index (χ1) is 12.8. The van der Waals surface area contributed by atoms with Gasteiger partial charge in [0.15, 0.2) is 0 Å². The Hall–Kier alpha value is -2.39. The SMILES string of the molecule is O=C(/C=C/c1ccc(C(F)(F)F)cc1)NCC(=O)N1CCN(CCO)CC1. The molecule has 1 aromatic rings. The van der Waals surface area contributed by atoms with E-state index >= 15 is 0 Å². The van der Waals surface area contributed by atoms with Crippen molar-refractivity contribution in [2.45, 2.75) is 6.18 Å². The summed E-state index contributed by atoms with van der Waals surface area (Å²) in [6, 6.07) is 4.42. The van der Waals surface area contributed by atoms with Crippen LogP contribution in [0.25, 0.3) is 6.08 Å². The highest BCUT2D eigenvalue weighted by atomic mass is 19.4. The predicted octanol–water partition coefficient (Wildman–Crippen LogP) is 0.971. The molecular formula is C18H22F3N3O3. The van der Waals surface area contributed by atoms with E-state index in [0.717, 1.165) is 12.1 Å². The molecule has 0 unspecified atom stereocenters. The molecule has 1 aliphatic rings. The lowest BCUT2D eigenvalue weighted by Crippen LogP contribution is -2.51. The first-order valence-electron chi connectivity index (χ1n) is 8.54. The van der Waals surface area contributed by atoms with E-state index in [4.69, 9.17) is 5.11 Å². The van der Waals surface area contributed by atoms with Crippen molar-refractivity contribution in [2.75, 3.05) is 45.9 Å². The number of benzene rings is 1. The largest absolute Gasteiger partial charge is 0.416 e. The number of alkyl halides is 3. The molecular weight excluding hydrogens is 363 g/mol. The van der Waals surface area contributed by atoms with Gasteiger partial charge in [0.2, 0.25) is 11.8 Å². The molecule has 2 N–H and O–H groups in total. The molecule has 27 heavy (non-hydrogen) atoms. The van der Waals surface area contributed by atoms with Crippen LogP contribution in [0.2, 0.25) is 0 Å². The number of aliphatic hydroxyl groups is 1. The van der Waals surface area contributed by atoms with E-state index in [1.165, 1.54) is 24.3 Å². The minimum atomic E-state index is -4.40. The molecule has 2 rings (SSSR count). The number of nitrogens with zero attached hydrogens (tertiary/aromatic N) is 2. The number of carbonyl (C=O) groups excluding carboxylic acids is 2. The standard InChI is InChI=1S/C18H22F3N3O3/c19-18(20,21)15-4-1-14(2-5-15)3-6-16(26)22-13-17(27)24-9-7-23(8-10-24)11-12-25/h1-6,25H,7-13H2,(H,22,26)/b6-3+. The van der Waals surface area contributed by atoms with E-state index in [2.05, 4.69) is 10.2 Å². The zero-order valence-electron chi connectivity index (χ0n) is 14.7. The Morgan fingerprint density at radius 2 is 1.74 bits per heavy atom. The molecule has 1 aromatic carbocycles. The molecule has 0 saturated carbocycles. The van der Waals surface area contributed by atoms with Crippen molar-refractivity contribution in [3.63, 3.8) is 0 Å². The lowest BCUT2D eigenvalue weighted by atomic mass is 10.1. The number of β-amino-alcohol motifs (C(OH)–C–C–N with tert-alkyl or cyclic N) is 1. The second kappa shape index (κ2) is 9.52. The van der Waals surface area contributed by atoms with Crippen molar-refractivity contribution >= 4 is 17.9 Å². The second-order valence-corrected chi connectivity index (χ2v) is 6.12. The first-order valence-corrected chi connectivity index (χ1v) is 8.54. The van der Waals surface area contributed by atoms with Gasteiger partial charge in [-0.1, -0.05) is 12.1 Å². The number of amides is 2. The van der Waals surface area contributed by atoms with Gasteiger partial charge in [-0.3, -0.25) is 14.5 Å². The summed E-state index contributed by atoms with van der Waals surface area (Å²) in [5.41, 5.74) is -0.307. The second-order valence-electron chi connectivity index (χ2n) is 6.12. The summed E-state index contributed by atoms with van der Waals surface area (Å²) in [6.45, 7) is 2.94. The van der Waals surface area contributed by atoms with Gasteiger partial charge in [-0.25, -0.2) is 0 Å². The predicted molar refractivity (Wildman–Crippen MR) is 93.6 cm³/mol. The van der Waals surface area contributed by atoms with Gasteiger partial charge >= 0.3 is 6.18 Å². The third kappa shape index (κ3) is 6.69. The van der Waals surface area contributed by atoms with E-state index in [-0.39, 0.29) is 19.1 Å². The van der Waals surface area contributed by atoms with Crippen molar-refractivity contribution in [3.8, 4) is 0 Å². The van der Waals surface area contributed by atoms with Gasteiger partial charge in [0.1, 0.15) is 0 Å². The molecule has 1 fully saturated rings. The number of hydrogen-bond acceptors (Lipinski definition) is 4. The molecule has 9 heteroatoms. The van der Waals surface area contributed by atoms with Gasteiger partial charge in [-0.15, -0.1) is 0 Å². The van der Waals surface area contributed by atoms with Crippen molar-refractivity contribution in [1.82, 2.24) is 15.1 Å². The Labute approximate surface area is 155 Å². The Bertz CT molecular complexity index is 667. The molecule has 1 heterocycles. The average Bonchev–Trinajstić information content (AvgIpc) is 2.65. The fourth-order valence-electron chi connectivity index (χ4n) is 2.65. The Morgan fingerprint density at radius 3 is 2.30 bits per heavy atom. The molecule has 1 aliphatic heterocycles. The summed E-state index contributed by atoms with van der Waals surface area (Å²) >= 11 is 0. The molecule has 0 aromatic heterocycles. The quantitative estimate of drug-likeness (QED) is 0.716. The van der Waals surface area contributed by atoms with E-state index in [9.17, 15) is 22.8 Å². The van der Waals surface area contributed by atoms with E-state index < -0.39 is 17.6 Å². The van der Waals surface area contributed by atoms with Crippen LogP contribution in [0, 0.1) is 0 Å². The Balaban J connectivity index is 1.75. The minimum absolute atomic E-state index is 0.0786. The maximum atomic E-state index is 12.5. The lowest BCUT2D eigenvalue weighted by Gasteiger charge is -2.34. The molecule has 0 radical (unpaired) electrons. The normalized spacial score (nSPS) is 15.9. The number of halogens is 3. The van der Waals surface area contributed by atoms with Gasteiger partial charge in [0.25, 0.3) is 0 Å². The summed E-state index contributed by atoms with van der Waals surface area (Å²) in [7, 11) is 0. The van der Waals surface area contributed by atoms with Crippen molar-refractivity contribution < 1.29 is 27.9 Å². The van der Waals surface area contributed by atoms with E-state index in [0.29, 0.717) is 38.3 Å². The van der Waals surface area contributed by atoms with Crippen LogP contribution in [0.15, 0.2) is 30.3 Å². The van der Waals surface area contributed by atoms with E-state index in [1.54, 1.807) is 4.90 Å². The molecule has 0 bridgehead atoms. The van der Waals surface area contributed by atoms with Crippen LogP contribution in [0.1, 0.15) is 11.1 Å². The first kappa shape index (κ1) is 20.9. The maximum Gasteiger partial charge on any atom is 0.416 e. The minimum Gasteiger partial charge on any atom is -0.395 e. The summed E-state index contributed by atoms with van der Waals surface area (Å²) in [5, 5.41) is 11.4. The fraction of sp³-hybridized carbons (Fsp3) is 0.444. The lowest BCUT2D eigenvalue weighted by molar-refractivity contribution is -0.137. The number of piperazine rings is 1. The zero-order valence-corrected chi connectivity index (χ0v) is 14.7. The Morgan fingerprint density at radius 1 is 1.11 bits per heavy atom. The Kier molecular flexibility index (Phi) is 7.37. The summed E-state index contributed by atoms with van der Waals surface area (Å²) < 4.78 is 37.5. The molecule has 0 spiro atoms. The summed E-state index contributed by atoms with van der Waals surface area (Å²) in [6.07, 6.45) is -1.84. The average molecular weight is 385 g/mol. The van der Waals surface area contributed by atoms with Crippen LogP contribution < -0.4 is 5.32 Å². The fourth-order valence-corrected chi connectivity index (χ4v) is 2.65. The monoisotopic (exact) mass is 385 g/mol. The van der Waals surface area contributed by atoms with Crippen LogP contribution >= 0.6 is 0 Å². The van der Waals surface area contributed by atoms with Crippen molar-refractivity contribution in [3.05, 3.63) is 41.5 Å². The number of hydrogen-bond donors (Lipinski definition) is 2. The molecule has 1 saturated heterocycles. The van der Waals surface area contributed by atoms with Gasteiger partial charge in [0.05, 0.1) is 18.7 Å². The molecule has 6 nitrogen and oxygen atoms in total. The highest BCUT2D eigenvalue weighted by Crippen LogP contribution is 2.29. The molecule has 0 aliphatic carbocycles. The summed E-state index contributed by atoms with van der Waals surface area (Å²) in [4.78, 5) is 27.6. The van der Waals surface area contributed by atoms with Gasteiger partial charge in [-0.05, 0) is 23.8 Å². The van der Waals surface area contributed by atoms with Gasteiger partial charge < -0.3 is 15.3 Å². The molecule has 2 amide bonds. The van der Waals surface area contributed by atoms with Crippen LogP contribution in [-0.4, -0.2) is 72.6 Å². The topological polar surface area (TPSA) is 72.9 Å². The molecule has 0 atom stereocenters. The highest BCUT2D eigenvalue weighted by Gasteiger charge is 2.29. The maximum absolute atomic E-state index is 12.5. The number of aliphatic hydroxyl groups excluding tert-OH is 1. The van der Waals surface area contributed by atoms with Crippen molar-refractivity contribution in [2.24, 2.45) is 0 Å². The number of carbonyl (C=O) groups is 2. The van der Waals surface area contributed by atoms with Crippen molar-refractivity contribution in [1.29, 1.82) is 0 Å². The van der Waals surface area contributed by atoms with Crippen LogP contribution in [-0.2, 0) is 15.8 Å². The smallest absolute Gasteiger partial charge is 0.395 e. The summed E-state index contributed by atoms with van der Waals surface area (Å²) in [5.74, 6) is -0.697. The third-order valence-corrected chi connectivity index (χ3v) is 4.22. The van der Waals surface area contributed by atoms with Gasteiger partial charge in [0, 0.05) is 38.8 Å². The molecule has 148 valence electrons. The third-order valence-electron chi connectivity index (χ3n) is 4.22. The highest BCUT2D eigenvalue weighted by molar-refractivity contribution is 5.94. The van der Waals surface area contributed by atoms with Crippen LogP contribution in [0.3, 0.4) is 0 Å². The number of rotatable bonds is 6.